The molecule has 0 aliphatic rings. The number of carbonyl (C=O) groups is 1. The van der Waals surface area contributed by atoms with Crippen LogP contribution in [0.15, 0.2) is 70.7 Å². The fourth-order valence-corrected chi connectivity index (χ4v) is 3.91. The van der Waals surface area contributed by atoms with Gasteiger partial charge in [0.05, 0.1) is 30.8 Å². The molecule has 1 amide bonds. The molecule has 31 heavy (non-hydrogen) atoms. The highest BCUT2D eigenvalue weighted by Crippen LogP contribution is 2.24. The smallest absolute Gasteiger partial charge is 0.262 e. The van der Waals surface area contributed by atoms with Crippen LogP contribution in [-0.2, 0) is 4.79 Å². The number of rotatable bonds is 7. The molecule has 0 fully saturated rings. The van der Waals surface area contributed by atoms with Gasteiger partial charge in [0.1, 0.15) is 11.1 Å². The van der Waals surface area contributed by atoms with Crippen molar-refractivity contribution in [3.63, 3.8) is 0 Å². The van der Waals surface area contributed by atoms with Crippen LogP contribution in [0.2, 0.25) is 0 Å². The van der Waals surface area contributed by atoms with E-state index < -0.39 is 0 Å². The predicted octanol–water partition coefficient (Wildman–Crippen LogP) is 3.09. The SMILES string of the molecule is COc1ccccc1[C@H](C)NC(=O)CSc1nc2c(cnn2-c2ccccc2)c(=O)[nH]1. The zero-order valence-electron chi connectivity index (χ0n) is 17.0. The van der Waals surface area contributed by atoms with Gasteiger partial charge in [-0.25, -0.2) is 9.67 Å². The molecule has 2 N–H and O–H groups in total. The van der Waals surface area contributed by atoms with Gasteiger partial charge >= 0.3 is 0 Å². The summed E-state index contributed by atoms with van der Waals surface area (Å²) in [5, 5.41) is 7.98. The van der Waals surface area contributed by atoms with Crippen LogP contribution in [0.1, 0.15) is 18.5 Å². The summed E-state index contributed by atoms with van der Waals surface area (Å²) in [6.45, 7) is 1.89. The Kier molecular flexibility index (Phi) is 6.03. The fraction of sp³-hybridized carbons (Fsp3) is 0.182. The van der Waals surface area contributed by atoms with Crippen LogP contribution < -0.4 is 15.6 Å². The highest BCUT2D eigenvalue weighted by Gasteiger charge is 2.16. The molecule has 2 aromatic heterocycles. The molecule has 2 aromatic carbocycles. The van der Waals surface area contributed by atoms with Gasteiger partial charge in [0.2, 0.25) is 5.91 Å². The molecule has 0 saturated heterocycles. The van der Waals surface area contributed by atoms with Gasteiger partial charge in [-0.1, -0.05) is 48.2 Å². The normalized spacial score (nSPS) is 11.9. The molecule has 0 spiro atoms. The van der Waals surface area contributed by atoms with E-state index in [1.165, 1.54) is 6.20 Å². The minimum atomic E-state index is -0.294. The van der Waals surface area contributed by atoms with Gasteiger partial charge in [0.15, 0.2) is 10.8 Å². The zero-order valence-corrected chi connectivity index (χ0v) is 17.8. The zero-order chi connectivity index (χ0) is 21.8. The summed E-state index contributed by atoms with van der Waals surface area (Å²) in [4.78, 5) is 32.2. The van der Waals surface area contributed by atoms with Crippen molar-refractivity contribution in [3.8, 4) is 11.4 Å². The number of para-hydroxylation sites is 2. The summed E-state index contributed by atoms with van der Waals surface area (Å²) < 4.78 is 6.97. The number of nitrogens with one attached hydrogen (secondary N) is 2. The summed E-state index contributed by atoms with van der Waals surface area (Å²) in [5.74, 6) is 0.643. The third kappa shape index (κ3) is 4.46. The molecule has 0 unspecified atom stereocenters. The fourth-order valence-electron chi connectivity index (χ4n) is 3.24. The molecule has 4 aromatic rings. The summed E-state index contributed by atoms with van der Waals surface area (Å²) in [6.07, 6.45) is 1.49. The number of aromatic amines is 1. The number of amides is 1. The largest absolute Gasteiger partial charge is 0.496 e. The Morgan fingerprint density at radius 1 is 1.19 bits per heavy atom. The molecular weight excluding hydrogens is 414 g/mol. The third-order valence-corrected chi connectivity index (χ3v) is 5.61. The van der Waals surface area contributed by atoms with Crippen LogP contribution in [0.3, 0.4) is 0 Å². The second-order valence-electron chi connectivity index (χ2n) is 6.82. The first-order valence-electron chi connectivity index (χ1n) is 9.65. The van der Waals surface area contributed by atoms with Crippen molar-refractivity contribution in [3.05, 3.63) is 76.7 Å². The van der Waals surface area contributed by atoms with Gasteiger partial charge in [-0.15, -0.1) is 0 Å². The quantitative estimate of drug-likeness (QED) is 0.342. The maximum absolute atomic E-state index is 12.5. The monoisotopic (exact) mass is 435 g/mol. The van der Waals surface area contributed by atoms with Crippen LogP contribution in [0.25, 0.3) is 16.7 Å². The number of carbonyl (C=O) groups excluding carboxylic acids is 1. The standard InChI is InChI=1S/C22H21N5O3S/c1-14(16-10-6-7-11-18(16)30-2)24-19(28)13-31-22-25-20-17(21(29)26-22)12-23-27(20)15-8-4-3-5-9-15/h3-12,14H,13H2,1-2H3,(H,24,28)(H,25,26,29)/t14-/m0/s1. The van der Waals surface area contributed by atoms with Crippen molar-refractivity contribution in [2.45, 2.75) is 18.1 Å². The van der Waals surface area contributed by atoms with E-state index in [0.29, 0.717) is 21.9 Å². The molecule has 4 rings (SSSR count). The minimum Gasteiger partial charge on any atom is -0.496 e. The number of thioether (sulfide) groups is 1. The Bertz CT molecular complexity index is 1270. The number of nitrogens with zero attached hydrogens (tertiary/aromatic N) is 3. The first-order valence-corrected chi connectivity index (χ1v) is 10.6. The number of methoxy groups -OCH3 is 1. The highest BCUT2D eigenvalue weighted by atomic mass is 32.2. The topological polar surface area (TPSA) is 102 Å². The van der Waals surface area contributed by atoms with Crippen molar-refractivity contribution in [1.82, 2.24) is 25.1 Å². The number of ether oxygens (including phenoxy) is 1. The minimum absolute atomic E-state index is 0.105. The summed E-state index contributed by atoms with van der Waals surface area (Å²) in [7, 11) is 1.60. The molecule has 0 aliphatic heterocycles. The second kappa shape index (κ2) is 9.05. The molecule has 8 nitrogen and oxygen atoms in total. The van der Waals surface area contributed by atoms with Crippen LogP contribution in [-0.4, -0.2) is 38.5 Å². The van der Waals surface area contributed by atoms with Crippen molar-refractivity contribution >= 4 is 28.7 Å². The van der Waals surface area contributed by atoms with E-state index in [1.807, 2.05) is 61.5 Å². The summed E-state index contributed by atoms with van der Waals surface area (Å²) in [5.41, 5.74) is 1.84. The van der Waals surface area contributed by atoms with Gasteiger partial charge in [-0.3, -0.25) is 9.59 Å². The lowest BCUT2D eigenvalue weighted by molar-refractivity contribution is -0.119. The van der Waals surface area contributed by atoms with Gasteiger partial charge < -0.3 is 15.0 Å². The van der Waals surface area contributed by atoms with E-state index in [1.54, 1.807) is 11.8 Å². The van der Waals surface area contributed by atoms with Crippen LogP contribution >= 0.6 is 11.8 Å². The Balaban J connectivity index is 1.49. The lowest BCUT2D eigenvalue weighted by Gasteiger charge is -2.17. The van der Waals surface area contributed by atoms with E-state index in [2.05, 4.69) is 20.4 Å². The van der Waals surface area contributed by atoms with Crippen molar-refractivity contribution in [1.29, 1.82) is 0 Å². The van der Waals surface area contributed by atoms with Gasteiger partial charge in [-0.2, -0.15) is 5.10 Å². The summed E-state index contributed by atoms with van der Waals surface area (Å²) in [6, 6.07) is 16.8. The number of H-pyrrole nitrogens is 1. The number of hydrogen-bond donors (Lipinski definition) is 2. The van der Waals surface area contributed by atoms with Crippen molar-refractivity contribution in [2.75, 3.05) is 12.9 Å². The maximum atomic E-state index is 12.5. The lowest BCUT2D eigenvalue weighted by Crippen LogP contribution is -2.28. The van der Waals surface area contributed by atoms with Crippen LogP contribution in [0.5, 0.6) is 5.75 Å². The number of fused-ring (bicyclic) bond motifs is 1. The van der Waals surface area contributed by atoms with E-state index in [-0.39, 0.29) is 23.3 Å². The van der Waals surface area contributed by atoms with Crippen molar-refractivity contribution in [2.24, 2.45) is 0 Å². The van der Waals surface area contributed by atoms with E-state index >= 15 is 0 Å². The molecule has 158 valence electrons. The molecule has 0 aliphatic carbocycles. The van der Waals surface area contributed by atoms with Gasteiger partial charge in [0.25, 0.3) is 5.56 Å². The maximum Gasteiger partial charge on any atom is 0.262 e. The number of benzene rings is 2. The summed E-state index contributed by atoms with van der Waals surface area (Å²) >= 11 is 1.16. The molecule has 9 heteroatoms. The predicted molar refractivity (Wildman–Crippen MR) is 120 cm³/mol. The Labute approximate surface area is 182 Å². The van der Waals surface area contributed by atoms with Crippen LogP contribution in [0.4, 0.5) is 0 Å². The van der Waals surface area contributed by atoms with Gasteiger partial charge in [-0.05, 0) is 25.1 Å². The Morgan fingerprint density at radius 2 is 1.94 bits per heavy atom. The van der Waals surface area contributed by atoms with Gasteiger partial charge in [0, 0.05) is 5.56 Å². The number of aromatic nitrogens is 4. The molecular formula is C22H21N5O3S. The van der Waals surface area contributed by atoms with Crippen molar-refractivity contribution < 1.29 is 9.53 Å². The van der Waals surface area contributed by atoms with E-state index in [4.69, 9.17) is 4.74 Å². The van der Waals surface area contributed by atoms with Crippen LogP contribution in [0, 0.1) is 0 Å². The Hall–Kier alpha value is -3.59. The molecule has 2 heterocycles. The average molecular weight is 436 g/mol. The first kappa shape index (κ1) is 20.7. The van der Waals surface area contributed by atoms with E-state index in [9.17, 15) is 9.59 Å². The third-order valence-electron chi connectivity index (χ3n) is 4.74. The molecule has 0 saturated carbocycles. The number of hydrogen-bond acceptors (Lipinski definition) is 6. The van der Waals surface area contributed by atoms with E-state index in [0.717, 1.165) is 23.0 Å². The average Bonchev–Trinajstić information content (AvgIpc) is 3.23. The Morgan fingerprint density at radius 3 is 2.71 bits per heavy atom. The molecule has 1 atom stereocenters. The second-order valence-corrected chi connectivity index (χ2v) is 7.78. The highest BCUT2D eigenvalue weighted by molar-refractivity contribution is 7.99. The molecule has 0 bridgehead atoms. The lowest BCUT2D eigenvalue weighted by atomic mass is 10.1. The molecule has 0 radical (unpaired) electrons. The first-order chi connectivity index (χ1) is 15.1.